The molecule has 102 valence electrons. The lowest BCUT2D eigenvalue weighted by Gasteiger charge is -2.34. The predicted octanol–water partition coefficient (Wildman–Crippen LogP) is 2.94. The van der Waals surface area contributed by atoms with E-state index in [4.69, 9.17) is 4.74 Å². The largest absolute Gasteiger partial charge is 0.451 e. The van der Waals surface area contributed by atoms with Crippen molar-refractivity contribution in [2.75, 3.05) is 14.1 Å². The molecule has 0 saturated carbocycles. The SMILES string of the molecule is CN(C)[C@H]1C(=O)O[C@@H](c2ccccc2)c2ccccc21. The lowest BCUT2D eigenvalue weighted by atomic mass is 9.90. The third kappa shape index (κ3) is 2.10. The molecule has 1 aliphatic rings. The van der Waals surface area contributed by atoms with Crippen LogP contribution in [-0.2, 0) is 9.53 Å². The monoisotopic (exact) mass is 267 g/mol. The van der Waals surface area contributed by atoms with Crippen LogP contribution in [-0.4, -0.2) is 25.0 Å². The van der Waals surface area contributed by atoms with Crippen molar-refractivity contribution in [3.63, 3.8) is 0 Å². The van der Waals surface area contributed by atoms with E-state index in [2.05, 4.69) is 0 Å². The van der Waals surface area contributed by atoms with Crippen molar-refractivity contribution in [2.45, 2.75) is 12.1 Å². The highest BCUT2D eigenvalue weighted by molar-refractivity contribution is 5.80. The van der Waals surface area contributed by atoms with Crippen LogP contribution in [0.4, 0.5) is 0 Å². The summed E-state index contributed by atoms with van der Waals surface area (Å²) in [5.74, 6) is -0.192. The summed E-state index contributed by atoms with van der Waals surface area (Å²) in [5.41, 5.74) is 3.10. The van der Waals surface area contributed by atoms with Gasteiger partial charge >= 0.3 is 5.97 Å². The predicted molar refractivity (Wildman–Crippen MR) is 77.2 cm³/mol. The fraction of sp³-hybridized carbons (Fsp3) is 0.235. The number of carbonyl (C=O) groups is 1. The molecular formula is C17H17NO2. The Balaban J connectivity index is 2.12. The zero-order valence-electron chi connectivity index (χ0n) is 11.6. The molecule has 0 amide bonds. The maximum Gasteiger partial charge on any atom is 0.328 e. The molecule has 1 heterocycles. The maximum atomic E-state index is 12.3. The molecule has 1 aliphatic heterocycles. The van der Waals surface area contributed by atoms with E-state index >= 15 is 0 Å². The third-order valence-electron chi connectivity index (χ3n) is 3.65. The highest BCUT2D eigenvalue weighted by Gasteiger charge is 2.36. The average molecular weight is 267 g/mol. The van der Waals surface area contributed by atoms with E-state index in [0.717, 1.165) is 16.7 Å². The van der Waals surface area contributed by atoms with Crippen LogP contribution in [0.2, 0.25) is 0 Å². The van der Waals surface area contributed by atoms with Crippen molar-refractivity contribution in [3.8, 4) is 0 Å². The van der Waals surface area contributed by atoms with E-state index in [0.29, 0.717) is 0 Å². The number of hydrogen-bond donors (Lipinski definition) is 0. The number of cyclic esters (lactones) is 1. The van der Waals surface area contributed by atoms with Gasteiger partial charge in [0.15, 0.2) is 6.10 Å². The topological polar surface area (TPSA) is 29.5 Å². The van der Waals surface area contributed by atoms with Crippen LogP contribution in [0.15, 0.2) is 54.6 Å². The van der Waals surface area contributed by atoms with Gasteiger partial charge in [0.2, 0.25) is 0 Å². The third-order valence-corrected chi connectivity index (χ3v) is 3.65. The van der Waals surface area contributed by atoms with Crippen LogP contribution in [0.3, 0.4) is 0 Å². The van der Waals surface area contributed by atoms with Crippen molar-refractivity contribution in [1.82, 2.24) is 4.90 Å². The van der Waals surface area contributed by atoms with Gasteiger partial charge in [0.05, 0.1) is 0 Å². The van der Waals surface area contributed by atoms with Gasteiger partial charge in [-0.05, 0) is 25.2 Å². The van der Waals surface area contributed by atoms with Crippen LogP contribution < -0.4 is 0 Å². The highest BCUT2D eigenvalue weighted by atomic mass is 16.5. The standard InChI is InChI=1S/C17H17NO2/c1-18(2)15-13-10-6-7-11-14(13)16(20-17(15)19)12-8-4-3-5-9-12/h3-11,15-16H,1-2H3/t15-,16+/m1/s1. The van der Waals surface area contributed by atoms with Gasteiger partial charge < -0.3 is 4.74 Å². The van der Waals surface area contributed by atoms with Gasteiger partial charge in [-0.2, -0.15) is 0 Å². The first-order valence-electron chi connectivity index (χ1n) is 6.69. The molecule has 3 nitrogen and oxygen atoms in total. The minimum absolute atomic E-state index is 0.192. The normalized spacial score (nSPS) is 21.4. The Morgan fingerprint density at radius 3 is 2.15 bits per heavy atom. The molecule has 3 rings (SSSR count). The molecule has 0 unspecified atom stereocenters. The molecule has 2 aromatic carbocycles. The van der Waals surface area contributed by atoms with Gasteiger partial charge in [0, 0.05) is 5.56 Å². The molecule has 0 spiro atoms. The fourth-order valence-electron chi connectivity index (χ4n) is 2.73. The van der Waals surface area contributed by atoms with Gasteiger partial charge in [0.1, 0.15) is 6.04 Å². The molecule has 20 heavy (non-hydrogen) atoms. The molecule has 0 radical (unpaired) electrons. The van der Waals surface area contributed by atoms with E-state index in [1.54, 1.807) is 0 Å². The van der Waals surface area contributed by atoms with Crippen molar-refractivity contribution in [1.29, 1.82) is 0 Å². The Hall–Kier alpha value is -2.13. The Morgan fingerprint density at radius 1 is 0.900 bits per heavy atom. The number of nitrogens with zero attached hydrogens (tertiary/aromatic N) is 1. The molecule has 2 atom stereocenters. The highest BCUT2D eigenvalue weighted by Crippen LogP contribution is 2.38. The van der Waals surface area contributed by atoms with E-state index in [1.165, 1.54) is 0 Å². The van der Waals surface area contributed by atoms with Gasteiger partial charge in [-0.15, -0.1) is 0 Å². The van der Waals surface area contributed by atoms with Gasteiger partial charge in [-0.3, -0.25) is 4.90 Å². The van der Waals surface area contributed by atoms with Gasteiger partial charge in [-0.1, -0.05) is 54.6 Å². The minimum Gasteiger partial charge on any atom is -0.451 e. The Labute approximate surface area is 118 Å². The molecular weight excluding hydrogens is 250 g/mol. The first kappa shape index (κ1) is 12.9. The second kappa shape index (κ2) is 5.10. The minimum atomic E-state index is -0.328. The van der Waals surface area contributed by atoms with E-state index in [-0.39, 0.29) is 18.1 Å². The molecule has 0 saturated heterocycles. The zero-order chi connectivity index (χ0) is 14.1. The summed E-state index contributed by atoms with van der Waals surface area (Å²) in [7, 11) is 3.79. The Morgan fingerprint density at radius 2 is 1.50 bits per heavy atom. The van der Waals surface area contributed by atoms with Crippen LogP contribution in [0.5, 0.6) is 0 Å². The van der Waals surface area contributed by atoms with E-state index in [9.17, 15) is 4.79 Å². The van der Waals surface area contributed by atoms with Gasteiger partial charge in [-0.25, -0.2) is 4.79 Å². The van der Waals surface area contributed by atoms with Crippen molar-refractivity contribution in [2.24, 2.45) is 0 Å². The molecule has 2 aromatic rings. The van der Waals surface area contributed by atoms with Crippen LogP contribution in [0, 0.1) is 0 Å². The number of esters is 1. The molecule has 0 aliphatic carbocycles. The summed E-state index contributed by atoms with van der Waals surface area (Å²) >= 11 is 0. The number of carbonyl (C=O) groups excluding carboxylic acids is 1. The molecule has 0 aromatic heterocycles. The molecule has 0 bridgehead atoms. The molecule has 3 heteroatoms. The average Bonchev–Trinajstić information content (AvgIpc) is 2.47. The number of rotatable bonds is 2. The summed E-state index contributed by atoms with van der Waals surface area (Å²) in [4.78, 5) is 14.2. The summed E-state index contributed by atoms with van der Waals surface area (Å²) < 4.78 is 5.69. The lowest BCUT2D eigenvalue weighted by molar-refractivity contribution is -0.155. The maximum absolute atomic E-state index is 12.3. The van der Waals surface area contributed by atoms with Crippen molar-refractivity contribution >= 4 is 5.97 Å². The van der Waals surface area contributed by atoms with Gasteiger partial charge in [0.25, 0.3) is 0 Å². The summed E-state index contributed by atoms with van der Waals surface area (Å²) in [6, 6.07) is 17.5. The van der Waals surface area contributed by atoms with Crippen LogP contribution in [0.25, 0.3) is 0 Å². The second-order valence-corrected chi connectivity index (χ2v) is 5.22. The Kier molecular flexibility index (Phi) is 3.28. The fourth-order valence-corrected chi connectivity index (χ4v) is 2.73. The zero-order valence-corrected chi connectivity index (χ0v) is 11.6. The molecule has 0 N–H and O–H groups in total. The number of benzene rings is 2. The molecule has 0 fully saturated rings. The van der Waals surface area contributed by atoms with E-state index < -0.39 is 0 Å². The number of likely N-dealkylation sites (N-methyl/N-ethyl adjacent to an activating group) is 1. The van der Waals surface area contributed by atoms with Crippen molar-refractivity contribution < 1.29 is 9.53 Å². The lowest BCUT2D eigenvalue weighted by Crippen LogP contribution is -2.35. The first-order chi connectivity index (χ1) is 9.68. The quantitative estimate of drug-likeness (QED) is 0.784. The van der Waals surface area contributed by atoms with Crippen LogP contribution in [0.1, 0.15) is 28.8 Å². The van der Waals surface area contributed by atoms with Crippen molar-refractivity contribution in [3.05, 3.63) is 71.3 Å². The van der Waals surface area contributed by atoms with E-state index in [1.807, 2.05) is 73.6 Å². The first-order valence-corrected chi connectivity index (χ1v) is 6.69. The van der Waals surface area contributed by atoms with Crippen LogP contribution >= 0.6 is 0 Å². The smallest absolute Gasteiger partial charge is 0.328 e. The number of ether oxygens (including phenoxy) is 1. The summed E-state index contributed by atoms with van der Waals surface area (Å²) in [6.07, 6.45) is -0.309. The summed E-state index contributed by atoms with van der Waals surface area (Å²) in [6.45, 7) is 0. The summed E-state index contributed by atoms with van der Waals surface area (Å²) in [5, 5.41) is 0. The second-order valence-electron chi connectivity index (χ2n) is 5.22. The number of hydrogen-bond acceptors (Lipinski definition) is 3. The Bertz CT molecular complexity index is 622. The number of fused-ring (bicyclic) bond motifs is 1.